The number of fused-ring (bicyclic) bond motifs is 1. The van der Waals surface area contributed by atoms with Crippen LogP contribution in [-0.4, -0.2) is 29.7 Å². The molecule has 3 aromatic rings. The molecule has 0 aliphatic rings. The van der Waals surface area contributed by atoms with Crippen LogP contribution in [0.4, 0.5) is 0 Å². The molecule has 7 heteroatoms. The topological polar surface area (TPSA) is 98.7 Å². The van der Waals surface area contributed by atoms with Crippen LogP contribution in [0.1, 0.15) is 15.9 Å². The molecule has 1 aromatic heterocycles. The summed E-state index contributed by atoms with van der Waals surface area (Å²) in [6.07, 6.45) is 3.31. The first kappa shape index (κ1) is 17.2. The zero-order valence-electron chi connectivity index (χ0n) is 14.2. The predicted octanol–water partition coefficient (Wildman–Crippen LogP) is 1.90. The molecule has 7 nitrogen and oxygen atoms in total. The summed E-state index contributed by atoms with van der Waals surface area (Å²) in [5.74, 6) is -0.183. The maximum absolute atomic E-state index is 12.2. The lowest BCUT2D eigenvalue weighted by Crippen LogP contribution is -2.18. The number of carbonyl (C=O) groups is 2. The van der Waals surface area contributed by atoms with Gasteiger partial charge in [0.25, 0.3) is 5.91 Å². The number of hydrazone groups is 1. The van der Waals surface area contributed by atoms with E-state index in [-0.39, 0.29) is 12.5 Å². The van der Waals surface area contributed by atoms with E-state index < -0.39 is 5.91 Å². The van der Waals surface area contributed by atoms with Crippen molar-refractivity contribution in [1.82, 2.24) is 9.99 Å². The quantitative estimate of drug-likeness (QED) is 0.525. The van der Waals surface area contributed by atoms with E-state index in [4.69, 9.17) is 10.5 Å². The zero-order valence-corrected chi connectivity index (χ0v) is 14.2. The number of nitrogens with two attached hydrogens (primary N) is 1. The fraction of sp³-hybridized carbons (Fsp3) is 0.105. The van der Waals surface area contributed by atoms with Crippen LogP contribution in [0.15, 0.2) is 59.8 Å². The van der Waals surface area contributed by atoms with Crippen LogP contribution in [0, 0.1) is 0 Å². The standard InChI is InChI=1S/C19H18N4O3/c1-26-15-6-4-5-13(9-15)19(25)22-21-10-14-11-23(12-18(20)24)17-8-3-2-7-16(14)17/h2-11H,12H2,1H3,(H2,20,24)(H,22,25)/b21-10+. The van der Waals surface area contributed by atoms with Gasteiger partial charge in [-0.15, -0.1) is 0 Å². The fourth-order valence-corrected chi connectivity index (χ4v) is 2.67. The SMILES string of the molecule is COc1cccc(C(=O)N/N=C/c2cn(CC(N)=O)c3ccccc23)c1. The zero-order chi connectivity index (χ0) is 18.5. The number of hydrogen-bond acceptors (Lipinski definition) is 4. The summed E-state index contributed by atoms with van der Waals surface area (Å²) in [7, 11) is 1.54. The van der Waals surface area contributed by atoms with Crippen LogP contribution in [0.5, 0.6) is 5.75 Å². The molecule has 0 fully saturated rings. The number of aromatic nitrogens is 1. The number of nitrogens with zero attached hydrogens (tertiary/aromatic N) is 2. The maximum atomic E-state index is 12.2. The number of amides is 2. The second kappa shape index (κ2) is 7.52. The van der Waals surface area contributed by atoms with Gasteiger partial charge in [0.1, 0.15) is 12.3 Å². The van der Waals surface area contributed by atoms with Crippen molar-refractivity contribution in [3.8, 4) is 5.75 Å². The Morgan fingerprint density at radius 3 is 2.81 bits per heavy atom. The average Bonchev–Trinajstić information content (AvgIpc) is 2.99. The molecule has 0 aliphatic heterocycles. The summed E-state index contributed by atoms with van der Waals surface area (Å²) < 4.78 is 6.86. The molecule has 3 N–H and O–H groups in total. The van der Waals surface area contributed by atoms with E-state index in [1.807, 2.05) is 24.3 Å². The van der Waals surface area contributed by atoms with Crippen molar-refractivity contribution in [2.45, 2.75) is 6.54 Å². The molecule has 0 saturated heterocycles. The summed E-state index contributed by atoms with van der Waals surface area (Å²) in [4.78, 5) is 23.4. The van der Waals surface area contributed by atoms with Gasteiger partial charge in [-0.05, 0) is 24.3 Å². The maximum Gasteiger partial charge on any atom is 0.271 e. The minimum absolute atomic E-state index is 0.0739. The van der Waals surface area contributed by atoms with E-state index in [0.29, 0.717) is 11.3 Å². The van der Waals surface area contributed by atoms with E-state index in [1.165, 1.54) is 13.3 Å². The van der Waals surface area contributed by atoms with E-state index in [2.05, 4.69) is 10.5 Å². The number of nitrogens with one attached hydrogen (secondary N) is 1. The molecule has 1 heterocycles. The molecule has 132 valence electrons. The summed E-state index contributed by atoms with van der Waals surface area (Å²) >= 11 is 0. The van der Waals surface area contributed by atoms with Gasteiger partial charge >= 0.3 is 0 Å². The van der Waals surface area contributed by atoms with Crippen molar-refractivity contribution in [1.29, 1.82) is 0 Å². The van der Waals surface area contributed by atoms with Gasteiger partial charge in [0.05, 0.1) is 13.3 Å². The van der Waals surface area contributed by atoms with E-state index in [0.717, 1.165) is 16.5 Å². The van der Waals surface area contributed by atoms with Crippen molar-refractivity contribution < 1.29 is 14.3 Å². The number of rotatable bonds is 6. The monoisotopic (exact) mass is 350 g/mol. The highest BCUT2D eigenvalue weighted by atomic mass is 16.5. The Balaban J connectivity index is 1.80. The summed E-state index contributed by atoms with van der Waals surface area (Å²) in [6.45, 7) is 0.0739. The van der Waals surface area contributed by atoms with Crippen molar-refractivity contribution in [3.05, 3.63) is 65.9 Å². The molecule has 2 aromatic carbocycles. The average molecular weight is 350 g/mol. The Kier molecular flexibility index (Phi) is 4.98. The first-order valence-electron chi connectivity index (χ1n) is 7.92. The third kappa shape index (κ3) is 3.72. The summed E-state index contributed by atoms with van der Waals surface area (Å²) in [5, 5.41) is 4.93. The Bertz CT molecular complexity index is 991. The third-order valence-electron chi connectivity index (χ3n) is 3.85. The van der Waals surface area contributed by atoms with Crippen LogP contribution >= 0.6 is 0 Å². The first-order chi connectivity index (χ1) is 12.6. The van der Waals surface area contributed by atoms with Gasteiger partial charge < -0.3 is 15.0 Å². The molecule has 2 amide bonds. The highest BCUT2D eigenvalue weighted by Gasteiger charge is 2.09. The van der Waals surface area contributed by atoms with Gasteiger partial charge in [-0.1, -0.05) is 24.3 Å². The first-order valence-corrected chi connectivity index (χ1v) is 7.92. The van der Waals surface area contributed by atoms with Crippen molar-refractivity contribution in [2.75, 3.05) is 7.11 Å². The number of benzene rings is 2. The Hall–Kier alpha value is -3.61. The summed E-state index contributed by atoms with van der Waals surface area (Å²) in [6, 6.07) is 14.4. The van der Waals surface area contributed by atoms with Crippen LogP contribution in [0.3, 0.4) is 0 Å². The number of hydrogen-bond donors (Lipinski definition) is 2. The molecule has 0 radical (unpaired) electrons. The van der Waals surface area contributed by atoms with Crippen LogP contribution in [0.25, 0.3) is 10.9 Å². The minimum atomic E-state index is -0.430. The Morgan fingerprint density at radius 1 is 1.23 bits per heavy atom. The molecule has 3 rings (SSSR count). The number of carbonyl (C=O) groups excluding carboxylic acids is 2. The number of primary amides is 1. The summed E-state index contributed by atoms with van der Waals surface area (Å²) in [5.41, 5.74) is 9.86. The largest absolute Gasteiger partial charge is 0.497 e. The van der Waals surface area contributed by atoms with E-state index in [9.17, 15) is 9.59 Å². The molecule has 26 heavy (non-hydrogen) atoms. The van der Waals surface area contributed by atoms with Crippen molar-refractivity contribution in [3.63, 3.8) is 0 Å². The van der Waals surface area contributed by atoms with E-state index in [1.54, 1.807) is 35.0 Å². The van der Waals surface area contributed by atoms with Gasteiger partial charge in [0, 0.05) is 28.2 Å². The molecule has 0 atom stereocenters. The van der Waals surface area contributed by atoms with Gasteiger partial charge in [0.2, 0.25) is 5.91 Å². The molecule has 0 unspecified atom stereocenters. The molecule has 0 saturated carbocycles. The predicted molar refractivity (Wildman–Crippen MR) is 99.2 cm³/mol. The molecular weight excluding hydrogens is 332 g/mol. The van der Waals surface area contributed by atoms with Crippen molar-refractivity contribution in [2.24, 2.45) is 10.8 Å². The van der Waals surface area contributed by atoms with Gasteiger partial charge in [0.15, 0.2) is 0 Å². The molecule has 0 spiro atoms. The van der Waals surface area contributed by atoms with Gasteiger partial charge in [-0.3, -0.25) is 9.59 Å². The number of ether oxygens (including phenoxy) is 1. The third-order valence-corrected chi connectivity index (χ3v) is 3.85. The highest BCUT2D eigenvalue weighted by Crippen LogP contribution is 2.19. The highest BCUT2D eigenvalue weighted by molar-refractivity contribution is 6.01. The Labute approximate surface area is 150 Å². The van der Waals surface area contributed by atoms with Crippen LogP contribution < -0.4 is 15.9 Å². The van der Waals surface area contributed by atoms with Crippen LogP contribution in [-0.2, 0) is 11.3 Å². The molecule has 0 aliphatic carbocycles. The van der Waals surface area contributed by atoms with Crippen LogP contribution in [0.2, 0.25) is 0 Å². The number of para-hydroxylation sites is 1. The van der Waals surface area contributed by atoms with E-state index >= 15 is 0 Å². The van der Waals surface area contributed by atoms with Gasteiger partial charge in [-0.2, -0.15) is 5.10 Å². The lowest BCUT2D eigenvalue weighted by Gasteiger charge is -2.02. The minimum Gasteiger partial charge on any atom is -0.497 e. The smallest absolute Gasteiger partial charge is 0.271 e. The molecular formula is C19H18N4O3. The lowest BCUT2D eigenvalue weighted by atomic mass is 10.2. The second-order valence-corrected chi connectivity index (χ2v) is 5.63. The lowest BCUT2D eigenvalue weighted by molar-refractivity contribution is -0.118. The molecule has 0 bridgehead atoms. The number of methoxy groups -OCH3 is 1. The Morgan fingerprint density at radius 2 is 2.04 bits per heavy atom. The van der Waals surface area contributed by atoms with Gasteiger partial charge in [-0.25, -0.2) is 5.43 Å². The normalized spacial score (nSPS) is 11.0. The second-order valence-electron chi connectivity index (χ2n) is 5.63. The van der Waals surface area contributed by atoms with Crippen molar-refractivity contribution >= 4 is 28.9 Å². The fourth-order valence-electron chi connectivity index (χ4n) is 2.67.